The monoisotopic (exact) mass is 234 g/mol. The number of aryl methyl sites for hydroxylation is 2. The van der Waals surface area contributed by atoms with Crippen LogP contribution in [0.1, 0.15) is 43.0 Å². The van der Waals surface area contributed by atoms with E-state index in [0.29, 0.717) is 6.04 Å². The largest absolute Gasteiger partial charge is 0.330 e. The summed E-state index contributed by atoms with van der Waals surface area (Å²) in [6.07, 6.45) is 1.03. The minimum absolute atomic E-state index is 0.467. The standard InChI is InChI=1S/C15H26N2/c1-5-17(6-2)15(9-10-16)14-8-7-12(3)13(4)11-14/h7-8,11,15H,5-6,9-10,16H2,1-4H3. The quantitative estimate of drug-likeness (QED) is 0.819. The van der Waals surface area contributed by atoms with Gasteiger partial charge < -0.3 is 5.73 Å². The van der Waals surface area contributed by atoms with E-state index in [-0.39, 0.29) is 0 Å². The Hall–Kier alpha value is -0.860. The molecule has 2 nitrogen and oxygen atoms in total. The molecule has 0 saturated carbocycles. The molecule has 0 radical (unpaired) electrons. The molecule has 0 spiro atoms. The van der Waals surface area contributed by atoms with Crippen LogP contribution in [0, 0.1) is 13.8 Å². The van der Waals surface area contributed by atoms with E-state index in [1.165, 1.54) is 16.7 Å². The summed E-state index contributed by atoms with van der Waals surface area (Å²) in [6.45, 7) is 11.7. The Labute approximate surface area is 106 Å². The predicted octanol–water partition coefficient (Wildman–Crippen LogP) is 3.04. The maximum Gasteiger partial charge on any atom is 0.0359 e. The average Bonchev–Trinajstić information content (AvgIpc) is 2.33. The Morgan fingerprint density at radius 3 is 2.24 bits per heavy atom. The van der Waals surface area contributed by atoms with E-state index in [0.717, 1.165) is 26.1 Å². The van der Waals surface area contributed by atoms with Crippen LogP contribution in [0.3, 0.4) is 0 Å². The summed E-state index contributed by atoms with van der Waals surface area (Å²) >= 11 is 0. The lowest BCUT2D eigenvalue weighted by atomic mass is 9.97. The second-order valence-electron chi connectivity index (χ2n) is 4.66. The normalized spacial score (nSPS) is 13.1. The minimum Gasteiger partial charge on any atom is -0.330 e. The fourth-order valence-electron chi connectivity index (χ4n) is 2.35. The van der Waals surface area contributed by atoms with Crippen LogP contribution in [-0.4, -0.2) is 24.5 Å². The van der Waals surface area contributed by atoms with Gasteiger partial charge in [0.15, 0.2) is 0 Å². The summed E-state index contributed by atoms with van der Waals surface area (Å²) in [5.74, 6) is 0. The molecule has 1 aromatic rings. The van der Waals surface area contributed by atoms with Crippen LogP contribution in [-0.2, 0) is 0 Å². The first-order valence-corrected chi connectivity index (χ1v) is 6.65. The summed E-state index contributed by atoms with van der Waals surface area (Å²) in [4.78, 5) is 2.48. The van der Waals surface area contributed by atoms with Crippen molar-refractivity contribution >= 4 is 0 Å². The second-order valence-corrected chi connectivity index (χ2v) is 4.66. The molecule has 17 heavy (non-hydrogen) atoms. The van der Waals surface area contributed by atoms with Crippen molar-refractivity contribution in [3.05, 3.63) is 34.9 Å². The molecule has 0 fully saturated rings. The van der Waals surface area contributed by atoms with E-state index in [1.54, 1.807) is 0 Å². The smallest absolute Gasteiger partial charge is 0.0359 e. The van der Waals surface area contributed by atoms with Crippen LogP contribution in [0.15, 0.2) is 18.2 Å². The molecule has 0 aliphatic carbocycles. The molecule has 0 aromatic heterocycles. The molecular weight excluding hydrogens is 208 g/mol. The van der Waals surface area contributed by atoms with Gasteiger partial charge in [0.25, 0.3) is 0 Å². The van der Waals surface area contributed by atoms with E-state index in [1.807, 2.05) is 0 Å². The molecule has 0 aliphatic rings. The van der Waals surface area contributed by atoms with Crippen molar-refractivity contribution < 1.29 is 0 Å². The zero-order valence-corrected chi connectivity index (χ0v) is 11.7. The molecule has 2 heteroatoms. The first-order chi connectivity index (χ1) is 8.13. The van der Waals surface area contributed by atoms with Crippen LogP contribution < -0.4 is 5.73 Å². The molecule has 0 saturated heterocycles. The van der Waals surface area contributed by atoms with Crippen molar-refractivity contribution in [1.82, 2.24) is 4.90 Å². The Kier molecular flexibility index (Phi) is 5.66. The van der Waals surface area contributed by atoms with Gasteiger partial charge in [0.2, 0.25) is 0 Å². The van der Waals surface area contributed by atoms with E-state index in [4.69, 9.17) is 5.73 Å². The second kappa shape index (κ2) is 6.77. The highest BCUT2D eigenvalue weighted by Crippen LogP contribution is 2.25. The van der Waals surface area contributed by atoms with Crippen molar-refractivity contribution in [2.75, 3.05) is 19.6 Å². The Bertz CT molecular complexity index is 343. The number of nitrogens with two attached hydrogens (primary N) is 1. The zero-order chi connectivity index (χ0) is 12.8. The van der Waals surface area contributed by atoms with Crippen molar-refractivity contribution in [3.8, 4) is 0 Å². The highest BCUT2D eigenvalue weighted by molar-refractivity contribution is 5.31. The molecule has 1 unspecified atom stereocenters. The number of rotatable bonds is 6. The summed E-state index contributed by atoms with van der Waals surface area (Å²) in [7, 11) is 0. The van der Waals surface area contributed by atoms with Crippen LogP contribution in [0.5, 0.6) is 0 Å². The maximum atomic E-state index is 5.76. The van der Waals surface area contributed by atoms with E-state index < -0.39 is 0 Å². The fraction of sp³-hybridized carbons (Fsp3) is 0.600. The molecule has 1 atom stereocenters. The molecule has 0 bridgehead atoms. The first kappa shape index (κ1) is 14.2. The summed E-state index contributed by atoms with van der Waals surface area (Å²) in [6, 6.07) is 7.25. The average molecular weight is 234 g/mol. The number of nitrogens with zero attached hydrogens (tertiary/aromatic N) is 1. The van der Waals surface area contributed by atoms with Gasteiger partial charge in [-0.25, -0.2) is 0 Å². The lowest BCUT2D eigenvalue weighted by Gasteiger charge is -2.30. The van der Waals surface area contributed by atoms with E-state index >= 15 is 0 Å². The van der Waals surface area contributed by atoms with Gasteiger partial charge in [-0.05, 0) is 56.6 Å². The van der Waals surface area contributed by atoms with Crippen LogP contribution >= 0.6 is 0 Å². The first-order valence-electron chi connectivity index (χ1n) is 6.65. The molecule has 1 aromatic carbocycles. The van der Waals surface area contributed by atoms with Crippen molar-refractivity contribution in [1.29, 1.82) is 0 Å². The molecular formula is C15H26N2. The molecule has 2 N–H and O–H groups in total. The topological polar surface area (TPSA) is 29.3 Å². The number of benzene rings is 1. The lowest BCUT2D eigenvalue weighted by molar-refractivity contribution is 0.210. The third-order valence-electron chi connectivity index (χ3n) is 3.61. The van der Waals surface area contributed by atoms with Gasteiger partial charge in [-0.3, -0.25) is 4.90 Å². The molecule has 1 rings (SSSR count). The fourth-order valence-corrected chi connectivity index (χ4v) is 2.35. The third kappa shape index (κ3) is 3.55. The highest BCUT2D eigenvalue weighted by atomic mass is 15.1. The van der Waals surface area contributed by atoms with Crippen LogP contribution in [0.4, 0.5) is 0 Å². The maximum absolute atomic E-state index is 5.76. The highest BCUT2D eigenvalue weighted by Gasteiger charge is 2.17. The van der Waals surface area contributed by atoms with E-state index in [2.05, 4.69) is 50.8 Å². The van der Waals surface area contributed by atoms with Gasteiger partial charge >= 0.3 is 0 Å². The Balaban J connectivity index is 2.99. The van der Waals surface area contributed by atoms with Gasteiger partial charge in [-0.2, -0.15) is 0 Å². The van der Waals surface area contributed by atoms with Gasteiger partial charge in [0.1, 0.15) is 0 Å². The van der Waals surface area contributed by atoms with Crippen LogP contribution in [0.2, 0.25) is 0 Å². The van der Waals surface area contributed by atoms with Crippen molar-refractivity contribution in [3.63, 3.8) is 0 Å². The van der Waals surface area contributed by atoms with Crippen molar-refractivity contribution in [2.45, 2.75) is 40.2 Å². The van der Waals surface area contributed by atoms with Gasteiger partial charge in [0, 0.05) is 6.04 Å². The Morgan fingerprint density at radius 1 is 1.12 bits per heavy atom. The molecule has 0 aliphatic heterocycles. The summed E-state index contributed by atoms with van der Waals surface area (Å²) in [5, 5.41) is 0. The van der Waals surface area contributed by atoms with E-state index in [9.17, 15) is 0 Å². The SMILES string of the molecule is CCN(CC)C(CCN)c1ccc(C)c(C)c1. The van der Waals surface area contributed by atoms with Crippen molar-refractivity contribution in [2.24, 2.45) is 5.73 Å². The summed E-state index contributed by atoms with van der Waals surface area (Å²) in [5.41, 5.74) is 9.89. The number of hydrogen-bond donors (Lipinski definition) is 1. The van der Waals surface area contributed by atoms with Crippen LogP contribution in [0.25, 0.3) is 0 Å². The molecule has 0 heterocycles. The minimum atomic E-state index is 0.467. The molecule has 96 valence electrons. The predicted molar refractivity (Wildman–Crippen MR) is 75.2 cm³/mol. The number of hydrogen-bond acceptors (Lipinski definition) is 2. The van der Waals surface area contributed by atoms with Gasteiger partial charge in [0.05, 0.1) is 0 Å². The Morgan fingerprint density at radius 2 is 1.76 bits per heavy atom. The van der Waals surface area contributed by atoms with Gasteiger partial charge in [-0.1, -0.05) is 32.0 Å². The zero-order valence-electron chi connectivity index (χ0n) is 11.7. The lowest BCUT2D eigenvalue weighted by Crippen LogP contribution is -2.30. The summed E-state index contributed by atoms with van der Waals surface area (Å²) < 4.78 is 0. The molecule has 0 amide bonds. The van der Waals surface area contributed by atoms with Gasteiger partial charge in [-0.15, -0.1) is 0 Å². The third-order valence-corrected chi connectivity index (χ3v) is 3.61.